The molecule has 110 valence electrons. The Kier molecular flexibility index (Phi) is 4.06. The summed E-state index contributed by atoms with van der Waals surface area (Å²) in [7, 11) is 0. The van der Waals surface area contributed by atoms with Crippen molar-refractivity contribution in [3.63, 3.8) is 0 Å². The molecule has 0 amide bonds. The summed E-state index contributed by atoms with van der Waals surface area (Å²) in [5, 5.41) is 9.09. The Balaban J connectivity index is 1.90. The van der Waals surface area contributed by atoms with Gasteiger partial charge in [0.05, 0.1) is 23.0 Å². The van der Waals surface area contributed by atoms with Gasteiger partial charge in [-0.05, 0) is 31.2 Å². The number of para-hydroxylation sites is 3. The lowest BCUT2D eigenvalue weighted by atomic mass is 10.2. The molecule has 4 heteroatoms. The number of imidazole rings is 1. The molecule has 0 saturated carbocycles. The second-order valence-electron chi connectivity index (χ2n) is 5.26. The normalized spacial score (nSPS) is 12.0. The van der Waals surface area contributed by atoms with E-state index in [0.717, 1.165) is 22.6 Å². The highest BCUT2D eigenvalue weighted by molar-refractivity contribution is 5.75. The summed E-state index contributed by atoms with van der Waals surface area (Å²) >= 11 is 0. The van der Waals surface area contributed by atoms with Gasteiger partial charge in [0.2, 0.25) is 0 Å². The first-order chi connectivity index (χ1) is 10.8. The van der Waals surface area contributed by atoms with Gasteiger partial charge >= 0.3 is 0 Å². The molecule has 0 N–H and O–H groups in total. The zero-order chi connectivity index (χ0) is 15.4. The molecule has 0 spiro atoms. The highest BCUT2D eigenvalue weighted by Gasteiger charge is 2.13. The molecule has 3 aromatic rings. The molecule has 4 nitrogen and oxygen atoms in total. The van der Waals surface area contributed by atoms with Crippen LogP contribution in [0.3, 0.4) is 0 Å². The van der Waals surface area contributed by atoms with Crippen LogP contribution in [0.15, 0.2) is 54.6 Å². The maximum absolute atomic E-state index is 9.09. The molecular weight excluding hydrogens is 274 g/mol. The lowest BCUT2D eigenvalue weighted by Gasteiger charge is -2.11. The van der Waals surface area contributed by atoms with E-state index in [-0.39, 0.29) is 5.92 Å². The average Bonchev–Trinajstić information content (AvgIpc) is 2.91. The summed E-state index contributed by atoms with van der Waals surface area (Å²) in [6, 6.07) is 19.9. The smallest absolute Gasteiger partial charge is 0.148 e. The third-order valence-corrected chi connectivity index (χ3v) is 3.52. The SMILES string of the molecule is CC(C#N)Cn1c(COc2ccccc2)nc2ccccc21. The van der Waals surface area contributed by atoms with Gasteiger partial charge in [-0.2, -0.15) is 5.26 Å². The first kappa shape index (κ1) is 14.2. The van der Waals surface area contributed by atoms with Crippen molar-refractivity contribution in [2.24, 2.45) is 5.92 Å². The lowest BCUT2D eigenvalue weighted by molar-refractivity contribution is 0.288. The summed E-state index contributed by atoms with van der Waals surface area (Å²) in [5.74, 6) is 1.58. The number of rotatable bonds is 5. The van der Waals surface area contributed by atoms with E-state index in [2.05, 4.69) is 15.6 Å². The highest BCUT2D eigenvalue weighted by atomic mass is 16.5. The fourth-order valence-electron chi connectivity index (χ4n) is 2.42. The van der Waals surface area contributed by atoms with Crippen LogP contribution in [0.5, 0.6) is 5.75 Å². The first-order valence-electron chi connectivity index (χ1n) is 7.29. The molecule has 1 unspecified atom stereocenters. The maximum atomic E-state index is 9.09. The van der Waals surface area contributed by atoms with Crippen LogP contribution in [-0.4, -0.2) is 9.55 Å². The van der Waals surface area contributed by atoms with Gasteiger partial charge < -0.3 is 9.30 Å². The Morgan fingerprint density at radius 1 is 1.14 bits per heavy atom. The quantitative estimate of drug-likeness (QED) is 0.719. The first-order valence-corrected chi connectivity index (χ1v) is 7.29. The highest BCUT2D eigenvalue weighted by Crippen LogP contribution is 2.19. The van der Waals surface area contributed by atoms with Gasteiger partial charge in [0.1, 0.15) is 18.2 Å². The third kappa shape index (κ3) is 2.94. The van der Waals surface area contributed by atoms with Crippen molar-refractivity contribution < 1.29 is 4.74 Å². The molecule has 1 aromatic heterocycles. The molecule has 0 fully saturated rings. The fraction of sp³-hybridized carbons (Fsp3) is 0.222. The number of nitriles is 1. The van der Waals surface area contributed by atoms with E-state index in [1.807, 2.05) is 61.5 Å². The van der Waals surface area contributed by atoms with Crippen molar-refractivity contribution in [2.75, 3.05) is 0 Å². The van der Waals surface area contributed by atoms with E-state index in [4.69, 9.17) is 10.00 Å². The molecule has 3 rings (SSSR count). The van der Waals surface area contributed by atoms with E-state index in [9.17, 15) is 0 Å². The predicted molar refractivity (Wildman–Crippen MR) is 85.3 cm³/mol. The van der Waals surface area contributed by atoms with Gasteiger partial charge in [-0.15, -0.1) is 0 Å². The Morgan fingerprint density at radius 2 is 1.86 bits per heavy atom. The number of ether oxygens (including phenoxy) is 1. The monoisotopic (exact) mass is 291 g/mol. The molecule has 0 aliphatic rings. The van der Waals surface area contributed by atoms with E-state index in [0.29, 0.717) is 13.2 Å². The fourth-order valence-corrected chi connectivity index (χ4v) is 2.42. The van der Waals surface area contributed by atoms with Crippen LogP contribution in [0.1, 0.15) is 12.7 Å². The summed E-state index contributed by atoms with van der Waals surface area (Å²) in [4.78, 5) is 4.64. The number of aromatic nitrogens is 2. The topological polar surface area (TPSA) is 50.8 Å². The van der Waals surface area contributed by atoms with Gasteiger partial charge in [-0.3, -0.25) is 0 Å². The van der Waals surface area contributed by atoms with Gasteiger partial charge in [-0.25, -0.2) is 4.98 Å². The van der Waals surface area contributed by atoms with Crippen molar-refractivity contribution in [3.05, 3.63) is 60.4 Å². The Labute approximate surface area is 129 Å². The van der Waals surface area contributed by atoms with E-state index < -0.39 is 0 Å². The van der Waals surface area contributed by atoms with Crippen molar-refractivity contribution in [3.8, 4) is 11.8 Å². The van der Waals surface area contributed by atoms with Gasteiger partial charge in [-0.1, -0.05) is 30.3 Å². The molecule has 0 radical (unpaired) electrons. The second kappa shape index (κ2) is 6.31. The van der Waals surface area contributed by atoms with E-state index in [1.165, 1.54) is 0 Å². The Hall–Kier alpha value is -2.80. The van der Waals surface area contributed by atoms with E-state index >= 15 is 0 Å². The Bertz CT molecular complexity index is 802. The molecule has 1 heterocycles. The van der Waals surface area contributed by atoms with Crippen molar-refractivity contribution >= 4 is 11.0 Å². The van der Waals surface area contributed by atoms with Gasteiger partial charge in [0.15, 0.2) is 0 Å². The van der Waals surface area contributed by atoms with Crippen molar-refractivity contribution in [1.29, 1.82) is 5.26 Å². The molecule has 0 aliphatic heterocycles. The minimum atomic E-state index is -0.0759. The zero-order valence-corrected chi connectivity index (χ0v) is 12.4. The van der Waals surface area contributed by atoms with Gasteiger partial charge in [0, 0.05) is 6.54 Å². The largest absolute Gasteiger partial charge is 0.486 e. The molecule has 0 aliphatic carbocycles. The van der Waals surface area contributed by atoms with E-state index in [1.54, 1.807) is 0 Å². The summed E-state index contributed by atoms with van der Waals surface area (Å²) in [6.45, 7) is 2.91. The second-order valence-corrected chi connectivity index (χ2v) is 5.26. The number of nitrogens with zero attached hydrogens (tertiary/aromatic N) is 3. The molecule has 0 saturated heterocycles. The van der Waals surface area contributed by atoms with Crippen molar-refractivity contribution in [2.45, 2.75) is 20.1 Å². The minimum Gasteiger partial charge on any atom is -0.486 e. The predicted octanol–water partition coefficient (Wildman–Crippen LogP) is 3.77. The van der Waals surface area contributed by atoms with Crippen LogP contribution in [0.2, 0.25) is 0 Å². The van der Waals surface area contributed by atoms with Crippen molar-refractivity contribution in [1.82, 2.24) is 9.55 Å². The third-order valence-electron chi connectivity index (χ3n) is 3.52. The van der Waals surface area contributed by atoms with Crippen LogP contribution in [0, 0.1) is 17.2 Å². The minimum absolute atomic E-state index is 0.0759. The molecule has 1 atom stereocenters. The number of benzene rings is 2. The number of fused-ring (bicyclic) bond motifs is 1. The maximum Gasteiger partial charge on any atom is 0.148 e. The zero-order valence-electron chi connectivity index (χ0n) is 12.4. The van der Waals surface area contributed by atoms with Gasteiger partial charge in [0.25, 0.3) is 0 Å². The summed E-state index contributed by atoms with van der Waals surface area (Å²) in [6.07, 6.45) is 0. The molecule has 0 bridgehead atoms. The molecule has 2 aromatic carbocycles. The van der Waals surface area contributed by atoms with Crippen LogP contribution < -0.4 is 4.74 Å². The number of hydrogen-bond donors (Lipinski definition) is 0. The van der Waals surface area contributed by atoms with Crippen LogP contribution in [0.25, 0.3) is 11.0 Å². The summed E-state index contributed by atoms with van der Waals surface area (Å²) in [5.41, 5.74) is 1.97. The lowest BCUT2D eigenvalue weighted by Crippen LogP contribution is -2.11. The van der Waals surface area contributed by atoms with Crippen LogP contribution in [-0.2, 0) is 13.2 Å². The average molecular weight is 291 g/mol. The number of hydrogen-bond acceptors (Lipinski definition) is 3. The summed E-state index contributed by atoms with van der Waals surface area (Å²) < 4.78 is 7.89. The molecule has 22 heavy (non-hydrogen) atoms. The Morgan fingerprint density at radius 3 is 2.64 bits per heavy atom. The van der Waals surface area contributed by atoms with Crippen LogP contribution in [0.4, 0.5) is 0 Å². The standard InChI is InChI=1S/C18H17N3O/c1-14(11-19)12-21-17-10-6-5-9-16(17)20-18(21)13-22-15-7-3-2-4-8-15/h2-10,14H,12-13H2,1H3. The van der Waals surface area contributed by atoms with Crippen LogP contribution >= 0.6 is 0 Å². The molecular formula is C18H17N3O.